The first-order valence-electron chi connectivity index (χ1n) is 8.58. The molecule has 1 aromatic rings. The Kier molecular flexibility index (Phi) is 6.52. The maximum atomic E-state index is 12.4. The minimum atomic E-state index is -0.413. The number of carbonyl (C=O) groups is 2. The second-order valence-electron chi connectivity index (χ2n) is 6.50. The van der Waals surface area contributed by atoms with Crippen LogP contribution in [0.1, 0.15) is 32.3 Å². The molecule has 1 aliphatic heterocycles. The topological polar surface area (TPSA) is 58.6 Å². The summed E-state index contributed by atoms with van der Waals surface area (Å²) < 4.78 is 4.95. The molecule has 5 heteroatoms. The fourth-order valence-corrected chi connectivity index (χ4v) is 3.48. The monoisotopic (exact) mass is 332 g/mol. The van der Waals surface area contributed by atoms with Gasteiger partial charge in [0.1, 0.15) is 5.78 Å². The fourth-order valence-electron chi connectivity index (χ4n) is 3.48. The van der Waals surface area contributed by atoms with Crippen molar-refractivity contribution in [2.45, 2.75) is 38.1 Å². The van der Waals surface area contributed by atoms with Gasteiger partial charge >= 0.3 is 0 Å². The lowest BCUT2D eigenvalue weighted by atomic mass is 9.70. The number of carbonyl (C=O) groups excluding carboxylic acids is 2. The summed E-state index contributed by atoms with van der Waals surface area (Å²) in [6, 6.07) is 9.83. The summed E-state index contributed by atoms with van der Waals surface area (Å²) in [5.41, 5.74) is 0.679. The zero-order valence-corrected chi connectivity index (χ0v) is 14.9. The van der Waals surface area contributed by atoms with Gasteiger partial charge in [0, 0.05) is 26.7 Å². The van der Waals surface area contributed by atoms with Crippen molar-refractivity contribution in [3.63, 3.8) is 0 Å². The summed E-state index contributed by atoms with van der Waals surface area (Å²) in [6.07, 6.45) is 1.50. The molecule has 0 spiro atoms. The zero-order chi connectivity index (χ0) is 17.6. The molecule has 1 saturated heterocycles. The number of hydrogen-bond donors (Lipinski definition) is 1. The van der Waals surface area contributed by atoms with Crippen molar-refractivity contribution in [1.29, 1.82) is 0 Å². The Morgan fingerprint density at radius 1 is 1.25 bits per heavy atom. The summed E-state index contributed by atoms with van der Waals surface area (Å²) in [5.74, 6) is 0.229. The quantitative estimate of drug-likeness (QED) is 0.773. The number of ether oxygens (including phenoxy) is 1. The van der Waals surface area contributed by atoms with Crippen LogP contribution in [0.2, 0.25) is 0 Å². The summed E-state index contributed by atoms with van der Waals surface area (Å²) >= 11 is 0. The fraction of sp³-hybridized carbons (Fsp3) is 0.579. The van der Waals surface area contributed by atoms with Crippen LogP contribution in [0, 0.1) is 0 Å². The van der Waals surface area contributed by atoms with E-state index in [4.69, 9.17) is 4.74 Å². The number of amides is 1. The number of nitrogens with one attached hydrogen (secondary N) is 1. The van der Waals surface area contributed by atoms with Crippen LogP contribution in [0.3, 0.4) is 0 Å². The Bertz CT molecular complexity index is 551. The van der Waals surface area contributed by atoms with Crippen molar-refractivity contribution in [2.75, 3.05) is 33.4 Å². The van der Waals surface area contributed by atoms with E-state index in [-0.39, 0.29) is 17.7 Å². The summed E-state index contributed by atoms with van der Waals surface area (Å²) in [5, 5.41) is 2.88. The Labute approximate surface area is 144 Å². The molecule has 1 aliphatic rings. The van der Waals surface area contributed by atoms with Gasteiger partial charge in [0.25, 0.3) is 0 Å². The minimum absolute atomic E-state index is 0.0158. The molecule has 5 nitrogen and oxygen atoms in total. The molecule has 1 amide bonds. The smallest absolute Gasteiger partial charge is 0.237 e. The van der Waals surface area contributed by atoms with Crippen molar-refractivity contribution < 1.29 is 14.3 Å². The molecular formula is C19H28N2O3. The normalized spacial score (nSPS) is 18.8. The molecule has 1 heterocycles. The second-order valence-corrected chi connectivity index (χ2v) is 6.50. The van der Waals surface area contributed by atoms with E-state index in [2.05, 4.69) is 10.2 Å². The van der Waals surface area contributed by atoms with Crippen molar-refractivity contribution >= 4 is 11.7 Å². The summed E-state index contributed by atoms with van der Waals surface area (Å²) in [4.78, 5) is 26.8. The highest BCUT2D eigenvalue weighted by Crippen LogP contribution is 2.36. The van der Waals surface area contributed by atoms with Crippen molar-refractivity contribution in [2.24, 2.45) is 0 Å². The van der Waals surface area contributed by atoms with E-state index in [9.17, 15) is 9.59 Å². The highest BCUT2D eigenvalue weighted by Gasteiger charge is 2.41. The largest absolute Gasteiger partial charge is 0.383 e. The molecule has 1 N–H and O–H groups in total. The Morgan fingerprint density at radius 2 is 1.88 bits per heavy atom. The van der Waals surface area contributed by atoms with Crippen molar-refractivity contribution in [3.05, 3.63) is 35.9 Å². The van der Waals surface area contributed by atoms with Gasteiger partial charge in [-0.1, -0.05) is 30.3 Å². The van der Waals surface area contributed by atoms with Crippen LogP contribution in [0.5, 0.6) is 0 Å². The van der Waals surface area contributed by atoms with Gasteiger partial charge in [-0.3, -0.25) is 14.5 Å². The molecule has 0 bridgehead atoms. The third-order valence-corrected chi connectivity index (χ3v) is 5.18. The molecule has 0 saturated carbocycles. The molecule has 1 fully saturated rings. The molecule has 24 heavy (non-hydrogen) atoms. The number of likely N-dealkylation sites (tertiary alicyclic amines) is 1. The SMILES string of the molecule is COCCNC(=O)C(C)N1CCC(C(C)=O)(c2ccccc2)CC1. The van der Waals surface area contributed by atoms with Gasteiger partial charge < -0.3 is 10.1 Å². The van der Waals surface area contributed by atoms with E-state index < -0.39 is 5.41 Å². The number of hydrogen-bond acceptors (Lipinski definition) is 4. The summed E-state index contributed by atoms with van der Waals surface area (Å²) in [6.45, 7) is 6.13. The van der Waals surface area contributed by atoms with Gasteiger partial charge in [-0.2, -0.15) is 0 Å². The van der Waals surface area contributed by atoms with Crippen molar-refractivity contribution in [3.8, 4) is 0 Å². The molecule has 1 aromatic carbocycles. The number of ketones is 1. The molecule has 1 unspecified atom stereocenters. The van der Waals surface area contributed by atoms with Gasteiger partial charge in [0.2, 0.25) is 5.91 Å². The maximum Gasteiger partial charge on any atom is 0.237 e. The molecule has 0 radical (unpaired) electrons. The third kappa shape index (κ3) is 4.02. The van der Waals surface area contributed by atoms with Gasteiger partial charge in [-0.05, 0) is 32.3 Å². The lowest BCUT2D eigenvalue weighted by Gasteiger charge is -2.42. The number of piperidine rings is 1. The molecular weight excluding hydrogens is 304 g/mol. The molecule has 2 rings (SSSR count). The third-order valence-electron chi connectivity index (χ3n) is 5.18. The number of rotatable bonds is 7. The maximum absolute atomic E-state index is 12.4. The minimum Gasteiger partial charge on any atom is -0.383 e. The average molecular weight is 332 g/mol. The number of nitrogens with zero attached hydrogens (tertiary/aromatic N) is 1. The van der Waals surface area contributed by atoms with Crippen LogP contribution in [0.4, 0.5) is 0 Å². The summed E-state index contributed by atoms with van der Waals surface area (Å²) in [7, 11) is 1.62. The highest BCUT2D eigenvalue weighted by molar-refractivity contribution is 5.88. The van der Waals surface area contributed by atoms with E-state index in [1.165, 1.54) is 0 Å². The lowest BCUT2D eigenvalue weighted by Crippen LogP contribution is -2.53. The Morgan fingerprint density at radius 3 is 2.42 bits per heavy atom. The second kappa shape index (κ2) is 8.40. The molecule has 1 atom stereocenters. The van der Waals surface area contributed by atoms with Crippen LogP contribution in [0.15, 0.2) is 30.3 Å². The van der Waals surface area contributed by atoms with Crippen LogP contribution < -0.4 is 5.32 Å². The predicted octanol–water partition coefficient (Wildman–Crippen LogP) is 1.76. The first-order valence-corrected chi connectivity index (χ1v) is 8.58. The highest BCUT2D eigenvalue weighted by atomic mass is 16.5. The Balaban J connectivity index is 2.00. The van der Waals surface area contributed by atoms with E-state index in [0.29, 0.717) is 13.2 Å². The van der Waals surface area contributed by atoms with Gasteiger partial charge in [-0.25, -0.2) is 0 Å². The van der Waals surface area contributed by atoms with E-state index in [1.54, 1.807) is 14.0 Å². The first-order chi connectivity index (χ1) is 11.5. The standard InChI is InChI=1S/C19H28N2O3/c1-15(18(23)20-11-14-24-3)21-12-9-19(10-13-21,16(2)22)17-7-5-4-6-8-17/h4-8,15H,9-14H2,1-3H3,(H,20,23). The van der Waals surface area contributed by atoms with E-state index in [0.717, 1.165) is 31.5 Å². The van der Waals surface area contributed by atoms with E-state index in [1.807, 2.05) is 37.3 Å². The van der Waals surface area contributed by atoms with Gasteiger partial charge in [-0.15, -0.1) is 0 Å². The number of benzene rings is 1. The van der Waals surface area contributed by atoms with E-state index >= 15 is 0 Å². The zero-order valence-electron chi connectivity index (χ0n) is 14.9. The average Bonchev–Trinajstić information content (AvgIpc) is 2.62. The molecule has 0 aliphatic carbocycles. The van der Waals surface area contributed by atoms with Crippen LogP contribution in [-0.2, 0) is 19.7 Å². The van der Waals surface area contributed by atoms with Crippen molar-refractivity contribution in [1.82, 2.24) is 10.2 Å². The molecule has 0 aromatic heterocycles. The predicted molar refractivity (Wildman–Crippen MR) is 94.0 cm³/mol. The van der Waals surface area contributed by atoms with Crippen LogP contribution in [0.25, 0.3) is 0 Å². The number of methoxy groups -OCH3 is 1. The first kappa shape index (κ1) is 18.6. The molecule has 132 valence electrons. The van der Waals surface area contributed by atoms with Crippen LogP contribution in [-0.4, -0.2) is 56.0 Å². The van der Waals surface area contributed by atoms with Gasteiger partial charge in [0.05, 0.1) is 18.1 Å². The van der Waals surface area contributed by atoms with Gasteiger partial charge in [0.15, 0.2) is 0 Å². The number of Topliss-reactive ketones (excluding diaryl/α,β-unsaturated/α-hetero) is 1. The Hall–Kier alpha value is -1.72. The lowest BCUT2D eigenvalue weighted by molar-refractivity contribution is -0.128. The van der Waals surface area contributed by atoms with Crippen LogP contribution >= 0.6 is 0 Å².